The quantitative estimate of drug-likeness (QED) is 0.768. The first kappa shape index (κ1) is 16.9. The number of ether oxygens (including phenoxy) is 1. The fraction of sp³-hybridized carbons (Fsp3) is 0.636. The summed E-state index contributed by atoms with van der Waals surface area (Å²) < 4.78 is 5.97. The molecule has 1 aromatic rings. The van der Waals surface area contributed by atoms with E-state index in [9.17, 15) is 10.2 Å². The van der Waals surface area contributed by atoms with Crippen LogP contribution in [0.1, 0.15) is 56.6 Å². The molecule has 0 aliphatic heterocycles. The average molecular weight is 340 g/mol. The minimum absolute atomic E-state index is 0.0816. The van der Waals surface area contributed by atoms with Crippen molar-refractivity contribution in [2.45, 2.75) is 63.6 Å². The molecule has 3 aliphatic carbocycles. The van der Waals surface area contributed by atoms with Gasteiger partial charge in [-0.05, 0) is 74.1 Å². The largest absolute Gasteiger partial charge is 0.508 e. The number of aryl methyl sites for hydroxylation is 1. The molecule has 0 radical (unpaired) electrons. The first-order chi connectivity index (χ1) is 11.9. The van der Waals surface area contributed by atoms with Crippen molar-refractivity contribution in [3.63, 3.8) is 0 Å². The van der Waals surface area contributed by atoms with Crippen molar-refractivity contribution in [1.29, 1.82) is 0 Å². The van der Waals surface area contributed by atoms with E-state index in [-0.39, 0.29) is 11.5 Å². The summed E-state index contributed by atoms with van der Waals surface area (Å²) in [5.41, 5.74) is 1.48. The minimum Gasteiger partial charge on any atom is -0.508 e. The van der Waals surface area contributed by atoms with E-state index in [2.05, 4.69) is 24.8 Å². The number of fused-ring (bicyclic) bond motifs is 5. The lowest BCUT2D eigenvalue weighted by atomic mass is 9.52. The number of aliphatic hydroxyl groups is 1. The summed E-state index contributed by atoms with van der Waals surface area (Å²) in [4.78, 5) is 0. The fourth-order valence-corrected chi connectivity index (χ4v) is 6.26. The van der Waals surface area contributed by atoms with Gasteiger partial charge >= 0.3 is 0 Å². The molecule has 2 fully saturated rings. The van der Waals surface area contributed by atoms with Crippen molar-refractivity contribution in [2.24, 2.45) is 17.3 Å². The zero-order valence-electron chi connectivity index (χ0n) is 15.4. The van der Waals surface area contributed by atoms with Gasteiger partial charge in [-0.25, -0.2) is 0 Å². The molecule has 3 nitrogen and oxygen atoms in total. The van der Waals surface area contributed by atoms with E-state index < -0.39 is 5.60 Å². The second-order valence-corrected chi connectivity index (χ2v) is 8.39. The Morgan fingerprint density at radius 3 is 2.80 bits per heavy atom. The third kappa shape index (κ3) is 2.27. The van der Waals surface area contributed by atoms with E-state index in [4.69, 9.17) is 4.74 Å². The lowest BCUT2D eigenvalue weighted by Gasteiger charge is -2.54. The van der Waals surface area contributed by atoms with Crippen molar-refractivity contribution >= 4 is 0 Å². The SMILES string of the molecule is CC#C[C@]1(O)CC[C@H]2[C@@H]3CCc4cc(O)ccc4[C@H]3[C@@H](OC)C[C@@]21C. The number of rotatable bonds is 1. The predicted octanol–water partition coefficient (Wildman–Crippen LogP) is 3.63. The van der Waals surface area contributed by atoms with E-state index >= 15 is 0 Å². The van der Waals surface area contributed by atoms with E-state index in [1.54, 1.807) is 13.2 Å². The van der Waals surface area contributed by atoms with E-state index in [1.807, 2.05) is 13.0 Å². The second kappa shape index (κ2) is 5.76. The Balaban J connectivity index is 1.79. The summed E-state index contributed by atoms with van der Waals surface area (Å²) in [6, 6.07) is 5.80. The molecule has 0 bridgehead atoms. The van der Waals surface area contributed by atoms with Gasteiger partial charge in [0.2, 0.25) is 0 Å². The fourth-order valence-electron chi connectivity index (χ4n) is 6.26. The van der Waals surface area contributed by atoms with Gasteiger partial charge in [-0.2, -0.15) is 0 Å². The highest BCUT2D eigenvalue weighted by Crippen LogP contribution is 2.64. The molecule has 6 atom stereocenters. The van der Waals surface area contributed by atoms with Crippen LogP contribution in [0.5, 0.6) is 5.75 Å². The van der Waals surface area contributed by atoms with Crippen LogP contribution in [0.2, 0.25) is 0 Å². The number of aromatic hydroxyl groups is 1. The number of benzene rings is 1. The lowest BCUT2D eigenvalue weighted by molar-refractivity contribution is -0.117. The van der Waals surface area contributed by atoms with Crippen LogP contribution in [0.4, 0.5) is 0 Å². The highest BCUT2D eigenvalue weighted by molar-refractivity contribution is 5.41. The zero-order valence-corrected chi connectivity index (χ0v) is 15.4. The van der Waals surface area contributed by atoms with Crippen molar-refractivity contribution in [1.82, 2.24) is 0 Å². The van der Waals surface area contributed by atoms with Crippen molar-refractivity contribution in [3.8, 4) is 17.6 Å². The number of phenolic OH excluding ortho intramolecular Hbond substituents is 1. The molecular weight excluding hydrogens is 312 g/mol. The summed E-state index contributed by atoms with van der Waals surface area (Å²) in [5, 5.41) is 21.2. The van der Waals surface area contributed by atoms with Crippen LogP contribution in [0.25, 0.3) is 0 Å². The molecule has 2 saturated carbocycles. The Kier molecular flexibility index (Phi) is 3.90. The van der Waals surface area contributed by atoms with Gasteiger partial charge < -0.3 is 14.9 Å². The number of hydrogen-bond donors (Lipinski definition) is 2. The Morgan fingerprint density at radius 2 is 2.08 bits per heavy atom. The van der Waals surface area contributed by atoms with E-state index in [1.165, 1.54) is 11.1 Å². The Hall–Kier alpha value is -1.50. The first-order valence-corrected chi connectivity index (χ1v) is 9.44. The van der Waals surface area contributed by atoms with Crippen LogP contribution in [-0.2, 0) is 11.2 Å². The lowest BCUT2D eigenvalue weighted by Crippen LogP contribution is -2.54. The highest BCUT2D eigenvalue weighted by atomic mass is 16.5. The summed E-state index contributed by atoms with van der Waals surface area (Å²) >= 11 is 0. The molecule has 0 spiro atoms. The van der Waals surface area contributed by atoms with Gasteiger partial charge in [0.05, 0.1) is 6.10 Å². The number of methoxy groups -OCH3 is 1. The molecule has 0 amide bonds. The molecule has 1 aromatic carbocycles. The molecule has 25 heavy (non-hydrogen) atoms. The summed E-state index contributed by atoms with van der Waals surface area (Å²) in [6.45, 7) is 4.04. The van der Waals surface area contributed by atoms with Crippen molar-refractivity contribution < 1.29 is 14.9 Å². The normalized spacial score (nSPS) is 41.9. The van der Waals surface area contributed by atoms with Gasteiger partial charge in [0.25, 0.3) is 0 Å². The minimum atomic E-state index is -0.899. The molecule has 4 rings (SSSR count). The van der Waals surface area contributed by atoms with Gasteiger partial charge in [-0.3, -0.25) is 0 Å². The zero-order chi connectivity index (χ0) is 17.8. The third-order valence-electron chi connectivity index (χ3n) is 7.45. The van der Waals surface area contributed by atoms with Crippen molar-refractivity contribution in [3.05, 3.63) is 29.3 Å². The molecule has 3 heteroatoms. The van der Waals surface area contributed by atoms with Crippen molar-refractivity contribution in [2.75, 3.05) is 7.11 Å². The molecular formula is C22H28O3. The standard InChI is InChI=1S/C22H28O3/c1-4-10-22(24)11-9-18-17-7-5-14-12-15(23)6-8-16(14)20(17)19(25-3)13-21(18,22)2/h6,8,12,17-20,23-24H,5,7,9,11,13H2,1-3H3/t17-,18-,19-,20+,21-,22-/m0/s1. The van der Waals surface area contributed by atoms with Crippen LogP contribution in [-0.4, -0.2) is 29.0 Å². The monoisotopic (exact) mass is 340 g/mol. The average Bonchev–Trinajstić information content (AvgIpc) is 2.85. The Labute approximate surface area is 150 Å². The number of hydrogen-bond acceptors (Lipinski definition) is 3. The molecule has 0 aromatic heterocycles. The molecule has 3 aliphatic rings. The summed E-state index contributed by atoms with van der Waals surface area (Å²) in [5.74, 6) is 7.79. The van der Waals surface area contributed by atoms with Gasteiger partial charge in [0.15, 0.2) is 0 Å². The van der Waals surface area contributed by atoms with Gasteiger partial charge in [-0.15, -0.1) is 5.92 Å². The summed E-state index contributed by atoms with van der Waals surface area (Å²) in [6.07, 6.45) is 4.80. The second-order valence-electron chi connectivity index (χ2n) is 8.39. The maximum Gasteiger partial charge on any atom is 0.131 e. The molecule has 2 N–H and O–H groups in total. The maximum atomic E-state index is 11.3. The van der Waals surface area contributed by atoms with E-state index in [0.717, 1.165) is 32.1 Å². The molecule has 0 unspecified atom stereocenters. The van der Waals surface area contributed by atoms with Crippen LogP contribution >= 0.6 is 0 Å². The Bertz CT molecular complexity index is 745. The molecule has 0 heterocycles. The summed E-state index contributed by atoms with van der Waals surface area (Å²) in [7, 11) is 1.79. The smallest absolute Gasteiger partial charge is 0.131 e. The van der Waals surface area contributed by atoms with Crippen LogP contribution in [0, 0.1) is 29.1 Å². The van der Waals surface area contributed by atoms with Gasteiger partial charge in [0, 0.05) is 18.4 Å². The van der Waals surface area contributed by atoms with Crippen LogP contribution < -0.4 is 0 Å². The molecule has 0 saturated heterocycles. The van der Waals surface area contributed by atoms with Crippen LogP contribution in [0.3, 0.4) is 0 Å². The van der Waals surface area contributed by atoms with Gasteiger partial charge in [-0.1, -0.05) is 18.9 Å². The van der Waals surface area contributed by atoms with Crippen LogP contribution in [0.15, 0.2) is 18.2 Å². The first-order valence-electron chi connectivity index (χ1n) is 9.44. The van der Waals surface area contributed by atoms with E-state index in [0.29, 0.717) is 23.5 Å². The third-order valence-corrected chi connectivity index (χ3v) is 7.45. The Morgan fingerprint density at radius 1 is 1.28 bits per heavy atom. The maximum absolute atomic E-state index is 11.3. The number of phenols is 1. The highest BCUT2D eigenvalue weighted by Gasteiger charge is 2.63. The topological polar surface area (TPSA) is 49.7 Å². The predicted molar refractivity (Wildman–Crippen MR) is 97.3 cm³/mol. The molecule has 134 valence electrons. The van der Waals surface area contributed by atoms with Gasteiger partial charge in [0.1, 0.15) is 11.4 Å².